The van der Waals surface area contributed by atoms with Crippen LogP contribution in [0.15, 0.2) is 150 Å². The third-order valence-electron chi connectivity index (χ3n) is 10.0. The van der Waals surface area contributed by atoms with Gasteiger partial charge in [-0.25, -0.2) is 9.97 Å². The second-order valence-corrected chi connectivity index (χ2v) is 14.0. The van der Waals surface area contributed by atoms with E-state index in [2.05, 4.69) is 114 Å². The topological polar surface area (TPSA) is 67.6 Å². The number of aromatic nitrogens is 3. The average Bonchev–Trinajstić information content (AvgIpc) is 3.84. The van der Waals surface area contributed by atoms with E-state index in [4.69, 9.17) is 14.4 Å². The Kier molecular flexibility index (Phi) is 5.83. The number of nitrogens with zero attached hydrogens (tertiary/aromatic N) is 4. The second-order valence-electron chi connectivity index (χ2n) is 12.9. The Morgan fingerprint density at radius 1 is 0.549 bits per heavy atom. The summed E-state index contributed by atoms with van der Waals surface area (Å²) in [5, 5.41) is 17.2. The Morgan fingerprint density at radius 2 is 1.25 bits per heavy atom. The molecule has 11 aromatic rings. The SMILES string of the molecule is N#Cc1ccc(-c2ccc3sc4nc(-c5ccc6oc7ccccc7c6c5)c(-n5c6ccccc6c6cc7ccccc7cc65)nc4c3c2)cc1. The van der Waals surface area contributed by atoms with E-state index in [-0.39, 0.29) is 0 Å². The van der Waals surface area contributed by atoms with Crippen LogP contribution in [-0.4, -0.2) is 14.5 Å². The molecule has 4 aromatic heterocycles. The lowest BCUT2D eigenvalue weighted by molar-refractivity contribution is 0.669. The fourth-order valence-corrected chi connectivity index (χ4v) is 8.59. The van der Waals surface area contributed by atoms with Gasteiger partial charge in [0.15, 0.2) is 5.82 Å². The molecule has 11 rings (SSSR count). The van der Waals surface area contributed by atoms with E-state index in [0.717, 1.165) is 81.6 Å². The predicted octanol–water partition coefficient (Wildman–Crippen LogP) is 12.2. The van der Waals surface area contributed by atoms with Crippen molar-refractivity contribution in [3.05, 3.63) is 151 Å². The first-order valence-corrected chi connectivity index (χ1v) is 17.6. The van der Waals surface area contributed by atoms with Crippen molar-refractivity contribution < 1.29 is 4.42 Å². The van der Waals surface area contributed by atoms with Crippen LogP contribution in [-0.2, 0) is 0 Å². The molecule has 0 atom stereocenters. The van der Waals surface area contributed by atoms with Crippen LogP contribution < -0.4 is 0 Å². The summed E-state index contributed by atoms with van der Waals surface area (Å²) < 4.78 is 9.63. The van der Waals surface area contributed by atoms with Crippen molar-refractivity contribution in [1.82, 2.24) is 14.5 Å². The molecule has 0 aliphatic carbocycles. The molecule has 0 saturated heterocycles. The van der Waals surface area contributed by atoms with Gasteiger partial charge >= 0.3 is 0 Å². The first kappa shape index (κ1) is 28.1. The standard InChI is InChI=1S/C45H24N4OS/c46-25-26-13-15-27(16-14-26)30-18-20-41-36(22-30)43-45(51-41)48-42(31-17-19-40-35(23-31)33-10-4-6-12-39(33)50-40)44(47-43)49-37-11-5-3-9-32(37)34-21-28-7-1-2-8-29(28)24-38(34)49/h1-24H. The molecule has 0 saturated carbocycles. The summed E-state index contributed by atoms with van der Waals surface area (Å²) in [4.78, 5) is 12.0. The van der Waals surface area contributed by atoms with Crippen LogP contribution in [0.4, 0.5) is 0 Å². The minimum atomic E-state index is 0.643. The zero-order chi connectivity index (χ0) is 33.6. The highest BCUT2D eigenvalue weighted by molar-refractivity contribution is 7.25. The third-order valence-corrected chi connectivity index (χ3v) is 11.1. The molecule has 6 heteroatoms. The zero-order valence-corrected chi connectivity index (χ0v) is 27.8. The van der Waals surface area contributed by atoms with E-state index in [1.807, 2.05) is 42.5 Å². The number of benzene rings is 7. The largest absolute Gasteiger partial charge is 0.456 e. The third kappa shape index (κ3) is 4.19. The fraction of sp³-hybridized carbons (Fsp3) is 0. The van der Waals surface area contributed by atoms with Crippen molar-refractivity contribution in [2.24, 2.45) is 0 Å². The van der Waals surface area contributed by atoms with Crippen LogP contribution >= 0.6 is 11.3 Å². The number of para-hydroxylation sites is 2. The number of nitriles is 1. The Labute approximate surface area is 294 Å². The van der Waals surface area contributed by atoms with Gasteiger partial charge in [0.05, 0.1) is 22.7 Å². The fourth-order valence-electron chi connectivity index (χ4n) is 7.59. The molecular weight excluding hydrogens is 645 g/mol. The first-order chi connectivity index (χ1) is 25.2. The number of rotatable bonds is 3. The highest BCUT2D eigenvalue weighted by Crippen LogP contribution is 2.42. The number of thiophene rings is 1. The van der Waals surface area contributed by atoms with Gasteiger partial charge in [-0.05, 0) is 88.6 Å². The van der Waals surface area contributed by atoms with Crippen LogP contribution in [0.2, 0.25) is 0 Å². The van der Waals surface area contributed by atoms with E-state index >= 15 is 0 Å². The van der Waals surface area contributed by atoms with Crippen LogP contribution in [0.1, 0.15) is 5.56 Å². The molecule has 4 heterocycles. The van der Waals surface area contributed by atoms with Gasteiger partial charge in [-0.15, -0.1) is 11.3 Å². The lowest BCUT2D eigenvalue weighted by Crippen LogP contribution is -2.03. The van der Waals surface area contributed by atoms with Crippen LogP contribution in [0.5, 0.6) is 0 Å². The van der Waals surface area contributed by atoms with Crippen molar-refractivity contribution in [3.63, 3.8) is 0 Å². The summed E-state index contributed by atoms with van der Waals surface area (Å²) in [6.07, 6.45) is 0. The maximum absolute atomic E-state index is 9.34. The highest BCUT2D eigenvalue weighted by atomic mass is 32.1. The van der Waals surface area contributed by atoms with E-state index in [9.17, 15) is 5.26 Å². The number of fused-ring (bicyclic) bond motifs is 10. The maximum atomic E-state index is 9.34. The van der Waals surface area contributed by atoms with Gasteiger partial charge in [0.2, 0.25) is 0 Å². The van der Waals surface area contributed by atoms with Gasteiger partial charge < -0.3 is 4.42 Å². The Hall–Kier alpha value is -6.81. The molecule has 7 aromatic carbocycles. The molecule has 0 unspecified atom stereocenters. The Bertz CT molecular complexity index is 3270. The quantitative estimate of drug-likeness (QED) is 0.188. The van der Waals surface area contributed by atoms with Crippen LogP contribution in [0, 0.1) is 11.3 Å². The monoisotopic (exact) mass is 668 g/mol. The minimum Gasteiger partial charge on any atom is -0.456 e. The smallest absolute Gasteiger partial charge is 0.165 e. The summed E-state index contributed by atoms with van der Waals surface area (Å²) >= 11 is 1.66. The minimum absolute atomic E-state index is 0.643. The Balaban J connectivity index is 1.24. The Morgan fingerprint density at radius 3 is 2.12 bits per heavy atom. The number of furan rings is 1. The lowest BCUT2D eigenvalue weighted by Gasteiger charge is -2.13. The molecule has 0 spiro atoms. The van der Waals surface area contributed by atoms with Crippen LogP contribution in [0.3, 0.4) is 0 Å². The van der Waals surface area contributed by atoms with E-state index in [1.54, 1.807) is 11.3 Å². The van der Waals surface area contributed by atoms with Gasteiger partial charge in [0, 0.05) is 37.2 Å². The van der Waals surface area contributed by atoms with Crippen molar-refractivity contribution >= 4 is 86.3 Å². The van der Waals surface area contributed by atoms with Crippen molar-refractivity contribution in [2.45, 2.75) is 0 Å². The van der Waals surface area contributed by atoms with Crippen molar-refractivity contribution in [1.29, 1.82) is 5.26 Å². The molecule has 51 heavy (non-hydrogen) atoms. The molecule has 0 amide bonds. The van der Waals surface area contributed by atoms with Crippen LogP contribution in [0.25, 0.3) is 103 Å². The highest BCUT2D eigenvalue weighted by Gasteiger charge is 2.22. The van der Waals surface area contributed by atoms with Gasteiger partial charge in [-0.2, -0.15) is 5.26 Å². The summed E-state index contributed by atoms with van der Waals surface area (Å²) in [5.41, 5.74) is 9.28. The molecule has 236 valence electrons. The molecule has 0 fully saturated rings. The average molecular weight is 669 g/mol. The van der Waals surface area contributed by atoms with E-state index in [1.165, 1.54) is 21.5 Å². The first-order valence-electron chi connectivity index (χ1n) is 16.8. The van der Waals surface area contributed by atoms with Gasteiger partial charge in [0.1, 0.15) is 27.2 Å². The number of hydrogen-bond acceptors (Lipinski definition) is 5. The lowest BCUT2D eigenvalue weighted by atomic mass is 10.0. The molecule has 0 aliphatic heterocycles. The van der Waals surface area contributed by atoms with Crippen molar-refractivity contribution in [3.8, 4) is 34.3 Å². The van der Waals surface area contributed by atoms with Crippen molar-refractivity contribution in [2.75, 3.05) is 0 Å². The molecular formula is C45H24N4OS. The van der Waals surface area contributed by atoms with Gasteiger partial charge in [-0.1, -0.05) is 78.9 Å². The molecule has 5 nitrogen and oxygen atoms in total. The predicted molar refractivity (Wildman–Crippen MR) is 210 cm³/mol. The summed E-state index contributed by atoms with van der Waals surface area (Å²) in [6.45, 7) is 0. The second kappa shape index (κ2) is 10.6. The van der Waals surface area contributed by atoms with E-state index < -0.39 is 0 Å². The zero-order valence-electron chi connectivity index (χ0n) is 27.0. The molecule has 0 N–H and O–H groups in total. The summed E-state index contributed by atoms with van der Waals surface area (Å²) in [5.74, 6) is 0.777. The van der Waals surface area contributed by atoms with Gasteiger partial charge in [0.25, 0.3) is 0 Å². The molecule has 0 bridgehead atoms. The van der Waals surface area contributed by atoms with E-state index in [0.29, 0.717) is 5.56 Å². The molecule has 0 radical (unpaired) electrons. The van der Waals surface area contributed by atoms with Gasteiger partial charge in [-0.3, -0.25) is 4.57 Å². The maximum Gasteiger partial charge on any atom is 0.165 e. The molecule has 0 aliphatic rings. The summed E-state index contributed by atoms with van der Waals surface area (Å²) in [7, 11) is 0. The summed E-state index contributed by atoms with van der Waals surface area (Å²) in [6, 6.07) is 52.6. The number of hydrogen-bond donors (Lipinski definition) is 0. The normalized spacial score (nSPS) is 11.9.